The smallest absolute Gasteiger partial charge is 0.408 e. The highest BCUT2D eigenvalue weighted by Crippen LogP contribution is 2.19. The predicted molar refractivity (Wildman–Crippen MR) is 81.6 cm³/mol. The van der Waals surface area contributed by atoms with Gasteiger partial charge in [-0.2, -0.15) is 0 Å². The van der Waals surface area contributed by atoms with Crippen molar-refractivity contribution in [1.29, 1.82) is 0 Å². The van der Waals surface area contributed by atoms with Gasteiger partial charge in [0.05, 0.1) is 0 Å². The van der Waals surface area contributed by atoms with E-state index >= 15 is 0 Å². The van der Waals surface area contributed by atoms with Crippen LogP contribution < -0.4 is 10.2 Å². The normalized spacial score (nSPS) is 18.1. The fourth-order valence-corrected chi connectivity index (χ4v) is 2.00. The molecule has 1 saturated heterocycles. The molecule has 21 heavy (non-hydrogen) atoms. The molecule has 2 heterocycles. The molecule has 1 aromatic heterocycles. The van der Waals surface area contributed by atoms with E-state index in [2.05, 4.69) is 10.3 Å². The van der Waals surface area contributed by atoms with Crippen LogP contribution in [0.4, 0.5) is 10.6 Å². The molecule has 1 atom stereocenters. The first kappa shape index (κ1) is 17.2. The van der Waals surface area contributed by atoms with E-state index in [1.165, 1.54) is 0 Å². The zero-order valence-corrected chi connectivity index (χ0v) is 13.1. The molecule has 1 aliphatic heterocycles. The predicted octanol–water partition coefficient (Wildman–Crippen LogP) is 2.13. The van der Waals surface area contributed by atoms with Gasteiger partial charge in [-0.05, 0) is 39.3 Å². The molecular weight excluding hydrogens is 294 g/mol. The molecular formula is C14H20ClN3O3. The van der Waals surface area contributed by atoms with Crippen LogP contribution in [0.3, 0.4) is 0 Å². The maximum absolute atomic E-state index is 12.2. The van der Waals surface area contributed by atoms with Crippen molar-refractivity contribution in [3.05, 3.63) is 24.4 Å². The Kier molecular flexibility index (Phi) is 5.54. The first-order chi connectivity index (χ1) is 9.37. The molecule has 7 heteroatoms. The van der Waals surface area contributed by atoms with Crippen LogP contribution in [-0.2, 0) is 9.53 Å². The largest absolute Gasteiger partial charge is 0.444 e. The second-order valence-corrected chi connectivity index (χ2v) is 5.67. The number of hydrogen-bond acceptors (Lipinski definition) is 4. The van der Waals surface area contributed by atoms with E-state index in [1.54, 1.807) is 44.0 Å². The van der Waals surface area contributed by atoms with Crippen LogP contribution in [0.15, 0.2) is 24.4 Å². The highest BCUT2D eigenvalue weighted by atomic mass is 35.5. The van der Waals surface area contributed by atoms with Crippen LogP contribution in [0.2, 0.25) is 0 Å². The van der Waals surface area contributed by atoms with Crippen molar-refractivity contribution in [1.82, 2.24) is 10.3 Å². The van der Waals surface area contributed by atoms with Gasteiger partial charge in [0.15, 0.2) is 0 Å². The summed E-state index contributed by atoms with van der Waals surface area (Å²) >= 11 is 0. The van der Waals surface area contributed by atoms with Gasteiger partial charge in [-0.25, -0.2) is 9.78 Å². The standard InChI is InChI=1S/C14H19N3O3.ClH/c1-14(2,3)20-13(19)16-10-7-9-17(12(10)18)11-6-4-5-8-15-11;/h4-6,8,10H,7,9H2,1-3H3,(H,16,19);1H. The summed E-state index contributed by atoms with van der Waals surface area (Å²) in [5.74, 6) is 0.445. The van der Waals surface area contributed by atoms with Gasteiger partial charge in [-0.15, -0.1) is 12.4 Å². The van der Waals surface area contributed by atoms with Gasteiger partial charge in [0.2, 0.25) is 0 Å². The minimum absolute atomic E-state index is 0. The number of amides is 2. The zero-order chi connectivity index (χ0) is 14.8. The average Bonchev–Trinajstić information content (AvgIpc) is 2.70. The Balaban J connectivity index is 0.00000220. The fraction of sp³-hybridized carbons (Fsp3) is 0.500. The topological polar surface area (TPSA) is 71.5 Å². The first-order valence-corrected chi connectivity index (χ1v) is 6.59. The third kappa shape index (κ3) is 4.60. The quantitative estimate of drug-likeness (QED) is 0.908. The lowest BCUT2D eigenvalue weighted by molar-refractivity contribution is -0.118. The Hall–Kier alpha value is -1.82. The van der Waals surface area contributed by atoms with E-state index in [9.17, 15) is 9.59 Å². The molecule has 0 spiro atoms. The van der Waals surface area contributed by atoms with Crippen LogP contribution in [0.1, 0.15) is 27.2 Å². The van der Waals surface area contributed by atoms with Gasteiger partial charge in [0.25, 0.3) is 5.91 Å². The highest BCUT2D eigenvalue weighted by Gasteiger charge is 2.35. The molecule has 1 aromatic rings. The number of carbonyl (C=O) groups is 2. The number of nitrogens with one attached hydrogen (secondary N) is 1. The highest BCUT2D eigenvalue weighted by molar-refractivity contribution is 6.00. The number of pyridine rings is 1. The summed E-state index contributed by atoms with van der Waals surface area (Å²) in [4.78, 5) is 29.6. The summed E-state index contributed by atoms with van der Waals surface area (Å²) in [6.45, 7) is 5.88. The molecule has 1 fully saturated rings. The Morgan fingerprint density at radius 1 is 1.43 bits per heavy atom. The van der Waals surface area contributed by atoms with Crippen molar-refractivity contribution < 1.29 is 14.3 Å². The Bertz CT molecular complexity index is 502. The third-order valence-electron chi connectivity index (χ3n) is 2.82. The van der Waals surface area contributed by atoms with Crippen molar-refractivity contribution >= 4 is 30.2 Å². The molecule has 1 aliphatic rings. The summed E-state index contributed by atoms with van der Waals surface area (Å²) in [5.41, 5.74) is -0.577. The van der Waals surface area contributed by atoms with Crippen molar-refractivity contribution in [2.75, 3.05) is 11.4 Å². The lowest BCUT2D eigenvalue weighted by Crippen LogP contribution is -2.43. The van der Waals surface area contributed by atoms with E-state index in [1.807, 2.05) is 6.07 Å². The minimum Gasteiger partial charge on any atom is -0.444 e. The summed E-state index contributed by atoms with van der Waals surface area (Å²) < 4.78 is 5.15. The molecule has 6 nitrogen and oxygen atoms in total. The van der Waals surface area contributed by atoms with Gasteiger partial charge in [0, 0.05) is 12.7 Å². The number of halogens is 1. The molecule has 1 N–H and O–H groups in total. The Morgan fingerprint density at radius 3 is 2.71 bits per heavy atom. The Labute approximate surface area is 130 Å². The number of hydrogen-bond donors (Lipinski definition) is 1. The molecule has 0 bridgehead atoms. The number of rotatable bonds is 2. The van der Waals surface area contributed by atoms with E-state index in [0.717, 1.165) is 0 Å². The maximum Gasteiger partial charge on any atom is 0.408 e. The second kappa shape index (κ2) is 6.76. The van der Waals surface area contributed by atoms with E-state index < -0.39 is 17.7 Å². The van der Waals surface area contributed by atoms with Crippen LogP contribution >= 0.6 is 12.4 Å². The van der Waals surface area contributed by atoms with Crippen molar-refractivity contribution in [3.63, 3.8) is 0 Å². The lowest BCUT2D eigenvalue weighted by Gasteiger charge is -2.21. The first-order valence-electron chi connectivity index (χ1n) is 6.59. The third-order valence-corrected chi connectivity index (χ3v) is 2.82. The van der Waals surface area contributed by atoms with Crippen molar-refractivity contribution in [2.24, 2.45) is 0 Å². The molecule has 0 aliphatic carbocycles. The molecule has 1 unspecified atom stereocenters. The van der Waals surface area contributed by atoms with Crippen LogP contribution in [0.25, 0.3) is 0 Å². The lowest BCUT2D eigenvalue weighted by atomic mass is 10.2. The Morgan fingerprint density at radius 2 is 2.14 bits per heavy atom. The van der Waals surface area contributed by atoms with E-state index in [0.29, 0.717) is 18.8 Å². The fourth-order valence-electron chi connectivity index (χ4n) is 2.00. The average molecular weight is 314 g/mol. The number of alkyl carbamates (subject to hydrolysis) is 1. The number of carbonyl (C=O) groups excluding carboxylic acids is 2. The summed E-state index contributed by atoms with van der Waals surface area (Å²) in [6, 6.07) is 4.84. The molecule has 0 radical (unpaired) electrons. The van der Waals surface area contributed by atoms with E-state index in [-0.39, 0.29) is 18.3 Å². The summed E-state index contributed by atoms with van der Waals surface area (Å²) in [6.07, 6.45) is 1.62. The van der Waals surface area contributed by atoms with Crippen molar-refractivity contribution in [2.45, 2.75) is 38.8 Å². The van der Waals surface area contributed by atoms with Gasteiger partial charge < -0.3 is 10.1 Å². The number of nitrogens with zero attached hydrogens (tertiary/aromatic N) is 2. The van der Waals surface area contributed by atoms with Crippen LogP contribution in [0, 0.1) is 0 Å². The SMILES string of the molecule is CC(C)(C)OC(=O)NC1CCN(c2ccccn2)C1=O.Cl. The molecule has 0 aromatic carbocycles. The van der Waals surface area contributed by atoms with Crippen LogP contribution in [-0.4, -0.2) is 35.2 Å². The molecule has 116 valence electrons. The number of anilines is 1. The summed E-state index contributed by atoms with van der Waals surface area (Å²) in [5, 5.41) is 2.60. The summed E-state index contributed by atoms with van der Waals surface area (Å²) in [7, 11) is 0. The zero-order valence-electron chi connectivity index (χ0n) is 12.3. The molecule has 2 rings (SSSR count). The number of aromatic nitrogens is 1. The van der Waals surface area contributed by atoms with Crippen LogP contribution in [0.5, 0.6) is 0 Å². The minimum atomic E-state index is -0.577. The number of ether oxygens (including phenoxy) is 1. The van der Waals surface area contributed by atoms with Gasteiger partial charge in [-0.3, -0.25) is 9.69 Å². The second-order valence-electron chi connectivity index (χ2n) is 5.67. The molecule has 0 saturated carbocycles. The molecule has 2 amide bonds. The maximum atomic E-state index is 12.2. The van der Waals surface area contributed by atoms with Gasteiger partial charge >= 0.3 is 6.09 Å². The van der Waals surface area contributed by atoms with Crippen molar-refractivity contribution in [3.8, 4) is 0 Å². The van der Waals surface area contributed by atoms with E-state index in [4.69, 9.17) is 4.74 Å². The monoisotopic (exact) mass is 313 g/mol. The van der Waals surface area contributed by atoms with Gasteiger partial charge in [-0.1, -0.05) is 6.07 Å². The van der Waals surface area contributed by atoms with Gasteiger partial charge in [0.1, 0.15) is 17.5 Å².